The molecular weight excluding hydrogens is 382 g/mol. The molecule has 1 saturated heterocycles. The number of benzene rings is 1. The number of likely N-dealkylation sites (N-methyl/N-ethyl adjacent to an activating group) is 1. The van der Waals surface area contributed by atoms with Crippen LogP contribution in [0.25, 0.3) is 0 Å². The van der Waals surface area contributed by atoms with Gasteiger partial charge in [0.05, 0.1) is 18.7 Å². The fourth-order valence-corrected chi connectivity index (χ4v) is 3.46. The van der Waals surface area contributed by atoms with E-state index in [9.17, 15) is 14.4 Å². The zero-order chi connectivity index (χ0) is 20.4. The molecule has 1 aliphatic heterocycles. The van der Waals surface area contributed by atoms with Gasteiger partial charge in [-0.1, -0.05) is 30.7 Å². The van der Waals surface area contributed by atoms with E-state index in [-0.39, 0.29) is 24.3 Å². The van der Waals surface area contributed by atoms with Gasteiger partial charge in [0.1, 0.15) is 11.9 Å². The van der Waals surface area contributed by atoms with Crippen LogP contribution in [0.3, 0.4) is 0 Å². The third-order valence-corrected chi connectivity index (χ3v) is 5.11. The summed E-state index contributed by atoms with van der Waals surface area (Å²) in [5, 5.41) is 7.43. The van der Waals surface area contributed by atoms with Crippen LogP contribution in [0.4, 0.5) is 10.6 Å². The maximum Gasteiger partial charge on any atom is 0.325 e. The maximum atomic E-state index is 12.8. The molecule has 1 aliphatic rings. The Hall–Kier alpha value is -2.87. The Morgan fingerprint density at radius 3 is 2.71 bits per heavy atom. The van der Waals surface area contributed by atoms with E-state index in [1.807, 2.05) is 13.0 Å². The fraction of sp³-hybridized carbons (Fsp3) is 0.368. The Morgan fingerprint density at radius 1 is 1.39 bits per heavy atom. The number of nitrogens with one attached hydrogen (secondary N) is 1. The van der Waals surface area contributed by atoms with Crippen LogP contribution < -0.4 is 10.2 Å². The first-order valence-corrected chi connectivity index (χ1v) is 9.34. The number of hydrogen-bond donors (Lipinski definition) is 1. The number of anilines is 1. The lowest BCUT2D eigenvalue weighted by molar-refractivity contribution is -0.147. The van der Waals surface area contributed by atoms with Crippen molar-refractivity contribution in [2.75, 3.05) is 11.9 Å². The molecule has 1 aromatic carbocycles. The summed E-state index contributed by atoms with van der Waals surface area (Å²) < 4.78 is 1.55. The van der Waals surface area contributed by atoms with Crippen molar-refractivity contribution in [1.82, 2.24) is 20.0 Å². The zero-order valence-corrected chi connectivity index (χ0v) is 16.7. The van der Waals surface area contributed by atoms with Crippen LogP contribution in [0.2, 0.25) is 5.02 Å². The first kappa shape index (κ1) is 19.9. The molecule has 0 spiro atoms. The highest BCUT2D eigenvalue weighted by atomic mass is 35.5. The van der Waals surface area contributed by atoms with Gasteiger partial charge in [0.25, 0.3) is 5.91 Å². The van der Waals surface area contributed by atoms with E-state index in [0.717, 1.165) is 10.5 Å². The average Bonchev–Trinajstić information content (AvgIpc) is 3.08. The predicted octanol–water partition coefficient (Wildman–Crippen LogP) is 2.50. The smallest absolute Gasteiger partial charge is 0.325 e. The van der Waals surface area contributed by atoms with E-state index in [2.05, 4.69) is 10.4 Å². The largest absolute Gasteiger partial charge is 0.331 e. The summed E-state index contributed by atoms with van der Waals surface area (Å²) >= 11 is 6.03. The number of β-lactam (4-membered cyclic amide) rings is 1. The number of likely N-dealkylation sites (tertiary alicyclic amines) is 1. The number of aromatic nitrogens is 2. The van der Waals surface area contributed by atoms with Crippen LogP contribution in [0, 0.1) is 0 Å². The molecule has 0 radical (unpaired) electrons. The number of hydrogen-bond acceptors (Lipinski definition) is 4. The number of rotatable bonds is 5. The lowest BCUT2D eigenvalue weighted by Crippen LogP contribution is -2.64. The van der Waals surface area contributed by atoms with Gasteiger partial charge >= 0.3 is 6.03 Å². The monoisotopic (exact) mass is 403 g/mol. The Bertz CT molecular complexity index is 912. The average molecular weight is 404 g/mol. The summed E-state index contributed by atoms with van der Waals surface area (Å²) in [7, 11) is 3.31. The summed E-state index contributed by atoms with van der Waals surface area (Å²) in [6.07, 6.45) is 2.19. The Labute approximate surface area is 168 Å². The molecule has 8 nitrogen and oxygen atoms in total. The van der Waals surface area contributed by atoms with Gasteiger partial charge in [-0.05, 0) is 24.1 Å². The second-order valence-corrected chi connectivity index (χ2v) is 7.10. The van der Waals surface area contributed by atoms with Gasteiger partial charge in [-0.3, -0.25) is 24.1 Å². The summed E-state index contributed by atoms with van der Waals surface area (Å²) in [4.78, 5) is 40.0. The molecule has 2 atom stereocenters. The highest BCUT2D eigenvalue weighted by Gasteiger charge is 2.47. The molecule has 3 rings (SSSR count). The van der Waals surface area contributed by atoms with Crippen molar-refractivity contribution in [3.05, 3.63) is 47.1 Å². The number of amides is 4. The normalized spacial score (nSPS) is 17.1. The van der Waals surface area contributed by atoms with Crippen LogP contribution in [-0.4, -0.2) is 45.6 Å². The van der Waals surface area contributed by atoms with Gasteiger partial charge in [0.2, 0.25) is 5.91 Å². The Kier molecular flexibility index (Phi) is 5.69. The molecule has 2 aromatic rings. The second kappa shape index (κ2) is 8.02. The molecule has 2 heterocycles. The Morgan fingerprint density at radius 2 is 2.14 bits per heavy atom. The van der Waals surface area contributed by atoms with Crippen LogP contribution in [0.1, 0.15) is 31.4 Å². The number of halogens is 1. The van der Waals surface area contributed by atoms with E-state index >= 15 is 0 Å². The van der Waals surface area contributed by atoms with Crippen LogP contribution >= 0.6 is 11.6 Å². The molecule has 1 N–H and O–H groups in total. The van der Waals surface area contributed by atoms with Crippen LogP contribution in [-0.2, 0) is 16.6 Å². The minimum atomic E-state index is -0.829. The van der Waals surface area contributed by atoms with Crippen molar-refractivity contribution >= 4 is 35.3 Å². The Balaban J connectivity index is 1.72. The predicted molar refractivity (Wildman–Crippen MR) is 105 cm³/mol. The van der Waals surface area contributed by atoms with Crippen molar-refractivity contribution in [1.29, 1.82) is 0 Å². The number of nitrogens with zero attached hydrogens (tertiary/aromatic N) is 4. The summed E-state index contributed by atoms with van der Waals surface area (Å²) in [6, 6.07) is 7.14. The zero-order valence-electron chi connectivity index (χ0n) is 15.9. The first-order chi connectivity index (χ1) is 13.3. The SMILES string of the molecule is CCC(NC(=O)N1C(=O)CC1C(=O)N(C)c1ccnn1C)c1cccc(Cl)c1. The third kappa shape index (κ3) is 3.73. The second-order valence-electron chi connectivity index (χ2n) is 6.66. The van der Waals surface area contributed by atoms with Gasteiger partial charge in [0, 0.05) is 25.2 Å². The first-order valence-electron chi connectivity index (χ1n) is 8.97. The molecule has 9 heteroatoms. The van der Waals surface area contributed by atoms with Gasteiger partial charge in [-0.2, -0.15) is 5.10 Å². The van der Waals surface area contributed by atoms with Crippen molar-refractivity contribution < 1.29 is 14.4 Å². The van der Waals surface area contributed by atoms with E-state index in [1.165, 1.54) is 4.90 Å². The van der Waals surface area contributed by atoms with Crippen molar-refractivity contribution in [2.24, 2.45) is 7.05 Å². The minimum absolute atomic E-state index is 0.00238. The molecule has 4 amide bonds. The summed E-state index contributed by atoms with van der Waals surface area (Å²) in [5.74, 6) is -0.139. The van der Waals surface area contributed by atoms with E-state index in [1.54, 1.807) is 49.2 Å². The molecule has 0 bridgehead atoms. The van der Waals surface area contributed by atoms with Crippen LogP contribution in [0.5, 0.6) is 0 Å². The lowest BCUT2D eigenvalue weighted by atomic mass is 10.0. The fourth-order valence-electron chi connectivity index (χ4n) is 3.26. The van der Waals surface area contributed by atoms with Gasteiger partial charge in [-0.25, -0.2) is 4.79 Å². The molecule has 0 aliphatic carbocycles. The highest BCUT2D eigenvalue weighted by Crippen LogP contribution is 2.26. The standard InChI is InChI=1S/C19H22ClN5O3/c1-4-14(12-6-5-7-13(20)10-12)22-19(28)25-15(11-17(25)26)18(27)23(2)16-8-9-21-24(16)3/h5-10,14-15H,4,11H2,1-3H3,(H,22,28). The van der Waals surface area contributed by atoms with Crippen molar-refractivity contribution in [3.63, 3.8) is 0 Å². The summed E-state index contributed by atoms with van der Waals surface area (Å²) in [6.45, 7) is 1.92. The van der Waals surface area contributed by atoms with Crippen molar-refractivity contribution in [2.45, 2.75) is 31.8 Å². The van der Waals surface area contributed by atoms with E-state index in [4.69, 9.17) is 11.6 Å². The van der Waals surface area contributed by atoms with Gasteiger partial charge in [0.15, 0.2) is 0 Å². The molecule has 1 aromatic heterocycles. The highest BCUT2D eigenvalue weighted by molar-refractivity contribution is 6.30. The number of urea groups is 1. The van der Waals surface area contributed by atoms with Crippen LogP contribution in [0.15, 0.2) is 36.5 Å². The molecule has 2 unspecified atom stereocenters. The molecule has 1 fully saturated rings. The minimum Gasteiger partial charge on any atom is -0.331 e. The third-order valence-electron chi connectivity index (χ3n) is 4.88. The van der Waals surface area contributed by atoms with E-state index < -0.39 is 12.1 Å². The number of imide groups is 1. The molecule has 28 heavy (non-hydrogen) atoms. The topological polar surface area (TPSA) is 87.5 Å². The van der Waals surface area contributed by atoms with E-state index in [0.29, 0.717) is 17.3 Å². The van der Waals surface area contributed by atoms with Crippen molar-refractivity contribution in [3.8, 4) is 0 Å². The summed E-state index contributed by atoms with van der Waals surface area (Å²) in [5.41, 5.74) is 0.839. The number of aryl methyl sites for hydroxylation is 1. The lowest BCUT2D eigenvalue weighted by Gasteiger charge is -2.39. The quantitative estimate of drug-likeness (QED) is 0.777. The number of carbonyl (C=O) groups is 3. The molecule has 0 saturated carbocycles. The maximum absolute atomic E-state index is 12.8. The molecular formula is C19H22ClN5O3. The van der Waals surface area contributed by atoms with Gasteiger partial charge < -0.3 is 5.32 Å². The number of carbonyl (C=O) groups excluding carboxylic acids is 3. The van der Waals surface area contributed by atoms with Gasteiger partial charge in [-0.15, -0.1) is 0 Å². The molecule has 148 valence electrons.